The molecule has 1 amide bonds. The average molecular weight is 338 g/mol. The van der Waals surface area contributed by atoms with Gasteiger partial charge in [0.25, 0.3) is 0 Å². The van der Waals surface area contributed by atoms with Crippen LogP contribution in [-0.2, 0) is 17.5 Å². The molecule has 3 rings (SSSR count). The first-order chi connectivity index (χ1) is 11.4. The predicted molar refractivity (Wildman–Crippen MR) is 79.4 cm³/mol. The molecule has 0 spiro atoms. The Balaban J connectivity index is 2.06. The van der Waals surface area contributed by atoms with Crippen LogP contribution in [0.3, 0.4) is 0 Å². The van der Waals surface area contributed by atoms with Gasteiger partial charge in [-0.1, -0.05) is 12.1 Å². The molecule has 1 aliphatic rings. The number of hydrogen-bond donors (Lipinski definition) is 1. The van der Waals surface area contributed by atoms with E-state index >= 15 is 0 Å². The number of cyclic esters (lactones) is 1. The van der Waals surface area contributed by atoms with Crippen molar-refractivity contribution in [2.24, 2.45) is 5.10 Å². The highest BCUT2D eigenvalue weighted by Gasteiger charge is 2.34. The van der Waals surface area contributed by atoms with Crippen molar-refractivity contribution in [3.8, 4) is 11.1 Å². The molecule has 0 aliphatic carbocycles. The molecule has 0 fully saturated rings. The van der Waals surface area contributed by atoms with Gasteiger partial charge in [0.1, 0.15) is 12.3 Å². The summed E-state index contributed by atoms with van der Waals surface area (Å²) in [6.07, 6.45) is -2.32. The van der Waals surface area contributed by atoms with Crippen LogP contribution in [0.5, 0.6) is 0 Å². The van der Waals surface area contributed by atoms with Crippen LogP contribution in [0.4, 0.5) is 18.0 Å². The highest BCUT2D eigenvalue weighted by molar-refractivity contribution is 6.04. The number of benzene rings is 1. The van der Waals surface area contributed by atoms with E-state index in [1.807, 2.05) is 6.92 Å². The Hall–Kier alpha value is -2.84. The van der Waals surface area contributed by atoms with Crippen LogP contribution in [0.15, 0.2) is 35.7 Å². The van der Waals surface area contributed by atoms with E-state index in [0.29, 0.717) is 12.1 Å². The van der Waals surface area contributed by atoms with Crippen LogP contribution in [0.2, 0.25) is 0 Å². The summed E-state index contributed by atoms with van der Waals surface area (Å²) >= 11 is 0. The molecule has 1 aliphatic heterocycles. The van der Waals surface area contributed by atoms with Crippen LogP contribution >= 0.6 is 0 Å². The first-order valence-electron chi connectivity index (χ1n) is 7.12. The number of halogens is 3. The number of amides is 1. The number of rotatable bonds is 3. The lowest BCUT2D eigenvalue weighted by atomic mass is 9.97. The molecule has 9 heteroatoms. The molecule has 6 nitrogen and oxygen atoms in total. The number of nitrogens with one attached hydrogen (secondary N) is 1. The second-order valence-corrected chi connectivity index (χ2v) is 5.09. The molecule has 126 valence electrons. The summed E-state index contributed by atoms with van der Waals surface area (Å²) in [5.41, 5.74) is 2.15. The Bertz CT molecular complexity index is 811. The van der Waals surface area contributed by atoms with Crippen molar-refractivity contribution < 1.29 is 22.7 Å². The highest BCUT2D eigenvalue weighted by atomic mass is 19.4. The van der Waals surface area contributed by atoms with Gasteiger partial charge in [-0.05, 0) is 18.6 Å². The minimum Gasteiger partial charge on any atom is -0.442 e. The molecule has 0 unspecified atom stereocenters. The first kappa shape index (κ1) is 16.0. The molecule has 1 N–H and O–H groups in total. The number of nitrogens with zero attached hydrogens (tertiary/aromatic N) is 3. The summed E-state index contributed by atoms with van der Waals surface area (Å²) in [5.74, 6) is 0. The summed E-state index contributed by atoms with van der Waals surface area (Å²) < 4.78 is 46.7. The van der Waals surface area contributed by atoms with Crippen LogP contribution in [-0.4, -0.2) is 28.2 Å². The fourth-order valence-corrected chi connectivity index (χ4v) is 2.35. The Morgan fingerprint density at radius 1 is 1.33 bits per heavy atom. The van der Waals surface area contributed by atoms with E-state index in [-0.39, 0.29) is 23.4 Å². The Kier molecular flexibility index (Phi) is 4.00. The van der Waals surface area contributed by atoms with Gasteiger partial charge in [0.2, 0.25) is 0 Å². The Labute approximate surface area is 134 Å². The second kappa shape index (κ2) is 5.99. The van der Waals surface area contributed by atoms with Crippen LogP contribution in [0, 0.1) is 0 Å². The topological polar surface area (TPSA) is 68.5 Å². The maximum Gasteiger partial charge on any atom is 0.428 e. The minimum atomic E-state index is -4.54. The zero-order valence-electron chi connectivity index (χ0n) is 12.6. The molecule has 0 atom stereocenters. The van der Waals surface area contributed by atoms with E-state index in [1.165, 1.54) is 18.3 Å². The lowest BCUT2D eigenvalue weighted by Gasteiger charge is -2.17. The zero-order chi connectivity index (χ0) is 17.3. The molecule has 0 radical (unpaired) electrons. The van der Waals surface area contributed by atoms with Crippen molar-refractivity contribution in [1.82, 2.24) is 15.2 Å². The third-order valence-electron chi connectivity index (χ3n) is 3.55. The van der Waals surface area contributed by atoms with Crippen molar-refractivity contribution in [3.63, 3.8) is 0 Å². The third-order valence-corrected chi connectivity index (χ3v) is 3.55. The molecule has 0 bridgehead atoms. The summed E-state index contributed by atoms with van der Waals surface area (Å²) in [4.78, 5) is 10.9. The molecule has 1 aromatic carbocycles. The number of alkyl halides is 3. The molecule has 2 heterocycles. The van der Waals surface area contributed by atoms with Gasteiger partial charge in [-0.2, -0.15) is 23.4 Å². The van der Waals surface area contributed by atoms with E-state index in [0.717, 1.165) is 6.07 Å². The van der Waals surface area contributed by atoms with E-state index in [1.54, 1.807) is 10.9 Å². The van der Waals surface area contributed by atoms with Gasteiger partial charge in [0.05, 0.1) is 11.8 Å². The molecule has 0 saturated carbocycles. The predicted octanol–water partition coefficient (Wildman–Crippen LogP) is 3.03. The van der Waals surface area contributed by atoms with Crippen LogP contribution in [0.25, 0.3) is 11.1 Å². The van der Waals surface area contributed by atoms with Gasteiger partial charge < -0.3 is 4.74 Å². The second-order valence-electron chi connectivity index (χ2n) is 5.09. The Morgan fingerprint density at radius 2 is 2.12 bits per heavy atom. The van der Waals surface area contributed by atoms with E-state index < -0.39 is 17.8 Å². The number of hydrogen-bond acceptors (Lipinski definition) is 4. The van der Waals surface area contributed by atoms with Crippen LogP contribution in [0.1, 0.15) is 18.1 Å². The third kappa shape index (κ3) is 3.10. The fraction of sp³-hybridized carbons (Fsp3) is 0.267. The van der Waals surface area contributed by atoms with E-state index in [4.69, 9.17) is 4.74 Å². The number of carbonyl (C=O) groups is 1. The average Bonchev–Trinajstić information content (AvgIpc) is 3.03. The number of hydrazone groups is 1. The molecule has 1 aromatic heterocycles. The summed E-state index contributed by atoms with van der Waals surface area (Å²) in [5, 5.41) is 7.74. The van der Waals surface area contributed by atoms with Crippen molar-refractivity contribution in [1.29, 1.82) is 0 Å². The lowest BCUT2D eigenvalue weighted by molar-refractivity contribution is -0.137. The SMILES string of the molecule is CCn1cc(-c2ccc(C3=NNC(=O)OC3)cc2C(F)(F)F)cn1. The van der Waals surface area contributed by atoms with Gasteiger partial charge in [0, 0.05) is 23.9 Å². The standard InChI is InChI=1S/C15H13F3N4O2/c1-2-22-7-10(6-19-22)11-4-3-9(5-12(11)15(16,17)18)13-8-24-14(23)21-20-13/h3-7H,2,8H2,1H3,(H,21,23). The summed E-state index contributed by atoms with van der Waals surface area (Å²) in [6.45, 7) is 2.23. The van der Waals surface area contributed by atoms with Crippen molar-refractivity contribution in [3.05, 3.63) is 41.7 Å². The maximum absolute atomic E-state index is 13.5. The van der Waals surface area contributed by atoms with Gasteiger partial charge in [-0.3, -0.25) is 4.68 Å². The molecular formula is C15H13F3N4O2. The van der Waals surface area contributed by atoms with Gasteiger partial charge in [0.15, 0.2) is 0 Å². The van der Waals surface area contributed by atoms with Gasteiger partial charge in [-0.25, -0.2) is 10.2 Å². The van der Waals surface area contributed by atoms with Gasteiger partial charge in [-0.15, -0.1) is 0 Å². The van der Waals surface area contributed by atoms with Crippen LogP contribution < -0.4 is 5.43 Å². The normalized spacial score (nSPS) is 14.8. The zero-order valence-corrected chi connectivity index (χ0v) is 12.6. The van der Waals surface area contributed by atoms with Gasteiger partial charge >= 0.3 is 12.3 Å². The number of aromatic nitrogens is 2. The minimum absolute atomic E-state index is 0.0345. The Morgan fingerprint density at radius 3 is 2.71 bits per heavy atom. The first-order valence-corrected chi connectivity index (χ1v) is 7.12. The molecular weight excluding hydrogens is 325 g/mol. The number of aryl methyl sites for hydroxylation is 1. The molecule has 24 heavy (non-hydrogen) atoms. The number of ether oxygens (including phenoxy) is 1. The summed E-state index contributed by atoms with van der Waals surface area (Å²) in [6, 6.07) is 3.87. The quantitative estimate of drug-likeness (QED) is 0.935. The summed E-state index contributed by atoms with van der Waals surface area (Å²) in [7, 11) is 0. The molecule has 0 saturated heterocycles. The largest absolute Gasteiger partial charge is 0.442 e. The smallest absolute Gasteiger partial charge is 0.428 e. The van der Waals surface area contributed by atoms with E-state index in [9.17, 15) is 18.0 Å². The number of carbonyl (C=O) groups excluding carboxylic acids is 1. The monoisotopic (exact) mass is 338 g/mol. The lowest BCUT2D eigenvalue weighted by Crippen LogP contribution is -2.30. The molecule has 2 aromatic rings. The fourth-order valence-electron chi connectivity index (χ4n) is 2.35. The van der Waals surface area contributed by atoms with Crippen molar-refractivity contribution in [2.75, 3.05) is 6.61 Å². The maximum atomic E-state index is 13.5. The van der Waals surface area contributed by atoms with E-state index in [2.05, 4.69) is 15.6 Å². The van der Waals surface area contributed by atoms with Crippen molar-refractivity contribution in [2.45, 2.75) is 19.6 Å². The van der Waals surface area contributed by atoms with Crippen molar-refractivity contribution >= 4 is 11.8 Å². The highest BCUT2D eigenvalue weighted by Crippen LogP contribution is 2.37.